The van der Waals surface area contributed by atoms with E-state index in [4.69, 9.17) is 9.47 Å². The Morgan fingerprint density at radius 3 is 2.74 bits per heavy atom. The summed E-state index contributed by atoms with van der Waals surface area (Å²) in [6.45, 7) is 5.06. The molecule has 3 atom stereocenters. The van der Waals surface area contributed by atoms with E-state index in [2.05, 4.69) is 5.32 Å². The Hall–Kier alpha value is -1.34. The summed E-state index contributed by atoms with van der Waals surface area (Å²) >= 11 is 0. The first-order valence-electron chi connectivity index (χ1n) is 6.46. The number of amides is 2. The molecule has 0 spiro atoms. The molecule has 2 saturated heterocycles. The number of nitrogens with one attached hydrogen (secondary N) is 1. The Labute approximate surface area is 111 Å². The molecule has 7 nitrogen and oxygen atoms in total. The maximum Gasteiger partial charge on any atom is 0.332 e. The highest BCUT2D eigenvalue weighted by molar-refractivity contribution is 5.87. The van der Waals surface area contributed by atoms with Crippen LogP contribution in [-0.2, 0) is 14.3 Å². The number of aliphatic carboxylic acids is 1. The fraction of sp³-hybridized carbons (Fsp3) is 0.833. The van der Waals surface area contributed by atoms with Crippen LogP contribution < -0.4 is 5.32 Å². The monoisotopic (exact) mass is 272 g/mol. The summed E-state index contributed by atoms with van der Waals surface area (Å²) in [5.74, 6) is -1.05. The van der Waals surface area contributed by atoms with Gasteiger partial charge in [0.05, 0.1) is 25.4 Å². The van der Waals surface area contributed by atoms with Crippen molar-refractivity contribution in [3.8, 4) is 0 Å². The molecule has 0 bridgehead atoms. The van der Waals surface area contributed by atoms with E-state index < -0.39 is 11.5 Å². The van der Waals surface area contributed by atoms with Crippen molar-refractivity contribution < 1.29 is 24.2 Å². The molecule has 0 aromatic heterocycles. The van der Waals surface area contributed by atoms with E-state index in [0.717, 1.165) is 0 Å². The number of urea groups is 1. The summed E-state index contributed by atoms with van der Waals surface area (Å²) < 4.78 is 10.6. The number of nitrogens with zero attached hydrogens (tertiary/aromatic N) is 1. The second kappa shape index (κ2) is 5.34. The molecule has 7 heteroatoms. The van der Waals surface area contributed by atoms with Crippen LogP contribution in [0.3, 0.4) is 0 Å². The van der Waals surface area contributed by atoms with Crippen LogP contribution in [0, 0.1) is 0 Å². The Balaban J connectivity index is 2.05. The number of ether oxygens (including phenoxy) is 2. The van der Waals surface area contributed by atoms with Crippen molar-refractivity contribution in [1.82, 2.24) is 10.2 Å². The lowest BCUT2D eigenvalue weighted by molar-refractivity contribution is -0.144. The van der Waals surface area contributed by atoms with Gasteiger partial charge >= 0.3 is 12.0 Å². The SMILES string of the molecule is CC1CN(C(=O)NC2(C(=O)O)CCOC2)C(C)CO1. The molecule has 2 aliphatic rings. The molecule has 2 heterocycles. The average Bonchev–Trinajstić information content (AvgIpc) is 2.82. The summed E-state index contributed by atoms with van der Waals surface area (Å²) in [5.41, 5.74) is -1.29. The van der Waals surface area contributed by atoms with Crippen LogP contribution >= 0.6 is 0 Å². The van der Waals surface area contributed by atoms with Crippen molar-refractivity contribution in [1.29, 1.82) is 0 Å². The maximum absolute atomic E-state index is 12.3. The van der Waals surface area contributed by atoms with Crippen LogP contribution in [0.5, 0.6) is 0 Å². The number of carbonyl (C=O) groups excluding carboxylic acids is 1. The lowest BCUT2D eigenvalue weighted by Crippen LogP contribution is -2.62. The number of morpholine rings is 1. The first-order chi connectivity index (χ1) is 8.94. The molecule has 2 amide bonds. The summed E-state index contributed by atoms with van der Waals surface area (Å²) in [5, 5.41) is 11.9. The quantitative estimate of drug-likeness (QED) is 0.741. The second-order valence-corrected chi connectivity index (χ2v) is 5.27. The largest absolute Gasteiger partial charge is 0.479 e. The Kier molecular flexibility index (Phi) is 3.96. The van der Waals surface area contributed by atoms with Gasteiger partial charge in [-0.3, -0.25) is 0 Å². The van der Waals surface area contributed by atoms with E-state index in [1.54, 1.807) is 4.90 Å². The normalized spacial score (nSPS) is 35.2. The van der Waals surface area contributed by atoms with E-state index in [1.165, 1.54) is 0 Å². The molecule has 2 aliphatic heterocycles. The zero-order valence-electron chi connectivity index (χ0n) is 11.2. The third-order valence-electron chi connectivity index (χ3n) is 3.65. The van der Waals surface area contributed by atoms with Crippen LogP contribution in [0.4, 0.5) is 4.79 Å². The molecule has 2 fully saturated rings. The van der Waals surface area contributed by atoms with Crippen LogP contribution in [0.1, 0.15) is 20.3 Å². The van der Waals surface area contributed by atoms with Gasteiger partial charge in [0.25, 0.3) is 0 Å². The second-order valence-electron chi connectivity index (χ2n) is 5.27. The molecule has 19 heavy (non-hydrogen) atoms. The predicted octanol–water partition coefficient (Wildman–Crippen LogP) is 0.0489. The van der Waals surface area contributed by atoms with Gasteiger partial charge in [-0.15, -0.1) is 0 Å². The van der Waals surface area contributed by atoms with Crippen LogP contribution in [0.15, 0.2) is 0 Å². The van der Waals surface area contributed by atoms with Gasteiger partial charge < -0.3 is 24.8 Å². The van der Waals surface area contributed by atoms with Crippen molar-refractivity contribution in [2.45, 2.75) is 38.0 Å². The fourth-order valence-corrected chi connectivity index (χ4v) is 2.35. The molecule has 3 unspecified atom stereocenters. The van der Waals surface area contributed by atoms with Crippen LogP contribution in [0.2, 0.25) is 0 Å². The predicted molar refractivity (Wildman–Crippen MR) is 65.9 cm³/mol. The summed E-state index contributed by atoms with van der Waals surface area (Å²) in [4.78, 5) is 25.2. The van der Waals surface area contributed by atoms with Gasteiger partial charge in [0.2, 0.25) is 0 Å². The van der Waals surface area contributed by atoms with Gasteiger partial charge in [-0.25, -0.2) is 9.59 Å². The van der Waals surface area contributed by atoms with Crippen molar-refractivity contribution in [3.05, 3.63) is 0 Å². The summed E-state index contributed by atoms with van der Waals surface area (Å²) in [7, 11) is 0. The fourth-order valence-electron chi connectivity index (χ4n) is 2.35. The molecule has 108 valence electrons. The van der Waals surface area contributed by atoms with Gasteiger partial charge in [0, 0.05) is 19.6 Å². The molecule has 0 saturated carbocycles. The maximum atomic E-state index is 12.3. The third-order valence-corrected chi connectivity index (χ3v) is 3.65. The Morgan fingerprint density at radius 2 is 2.16 bits per heavy atom. The standard InChI is InChI=1S/C12H20N2O5/c1-8-6-19-9(2)5-14(8)11(17)13-12(10(15)16)3-4-18-7-12/h8-9H,3-7H2,1-2H3,(H,13,17)(H,15,16). The molecule has 2 N–H and O–H groups in total. The van der Waals surface area contributed by atoms with E-state index >= 15 is 0 Å². The zero-order chi connectivity index (χ0) is 14.0. The molecule has 0 radical (unpaired) electrons. The lowest BCUT2D eigenvalue weighted by Gasteiger charge is -2.38. The van der Waals surface area contributed by atoms with Crippen molar-refractivity contribution in [2.75, 3.05) is 26.4 Å². The van der Waals surface area contributed by atoms with Gasteiger partial charge in [-0.05, 0) is 13.8 Å². The minimum Gasteiger partial charge on any atom is -0.479 e. The van der Waals surface area contributed by atoms with Crippen LogP contribution in [0.25, 0.3) is 0 Å². The van der Waals surface area contributed by atoms with Crippen LogP contribution in [-0.4, -0.2) is 66.1 Å². The molecule has 0 aromatic carbocycles. The van der Waals surface area contributed by atoms with Gasteiger partial charge in [-0.1, -0.05) is 0 Å². The number of rotatable bonds is 2. The first kappa shape index (κ1) is 14.1. The van der Waals surface area contributed by atoms with Crippen molar-refractivity contribution in [2.24, 2.45) is 0 Å². The smallest absolute Gasteiger partial charge is 0.332 e. The van der Waals surface area contributed by atoms with E-state index in [-0.39, 0.29) is 24.8 Å². The summed E-state index contributed by atoms with van der Waals surface area (Å²) in [6.07, 6.45) is 0.255. The molecular weight excluding hydrogens is 252 g/mol. The molecule has 0 aromatic rings. The number of carboxylic acids is 1. The minimum atomic E-state index is -1.29. The summed E-state index contributed by atoms with van der Waals surface area (Å²) in [6, 6.07) is -0.431. The minimum absolute atomic E-state index is 0.0162. The van der Waals surface area contributed by atoms with Crippen molar-refractivity contribution in [3.63, 3.8) is 0 Å². The van der Waals surface area contributed by atoms with Gasteiger partial charge in [-0.2, -0.15) is 0 Å². The number of carbonyl (C=O) groups is 2. The molecule has 0 aliphatic carbocycles. The highest BCUT2D eigenvalue weighted by atomic mass is 16.5. The number of carboxylic acid groups (broad SMARTS) is 1. The van der Waals surface area contributed by atoms with Gasteiger partial charge in [0.1, 0.15) is 0 Å². The van der Waals surface area contributed by atoms with E-state index in [9.17, 15) is 14.7 Å². The lowest BCUT2D eigenvalue weighted by atomic mass is 9.99. The topological polar surface area (TPSA) is 88.1 Å². The number of hydrogen-bond acceptors (Lipinski definition) is 4. The number of hydrogen-bond donors (Lipinski definition) is 2. The molecule has 2 rings (SSSR count). The highest BCUT2D eigenvalue weighted by Crippen LogP contribution is 2.20. The highest BCUT2D eigenvalue weighted by Gasteiger charge is 2.45. The third kappa shape index (κ3) is 2.82. The average molecular weight is 272 g/mol. The van der Waals surface area contributed by atoms with E-state index in [1.807, 2.05) is 13.8 Å². The Morgan fingerprint density at radius 1 is 1.42 bits per heavy atom. The van der Waals surface area contributed by atoms with E-state index in [0.29, 0.717) is 26.2 Å². The Bertz CT molecular complexity index is 367. The van der Waals surface area contributed by atoms with Gasteiger partial charge in [0.15, 0.2) is 5.54 Å². The first-order valence-corrected chi connectivity index (χ1v) is 6.46. The van der Waals surface area contributed by atoms with Crippen molar-refractivity contribution >= 4 is 12.0 Å². The zero-order valence-corrected chi connectivity index (χ0v) is 11.2. The molecular formula is C12H20N2O5.